The second kappa shape index (κ2) is 9.54. The van der Waals surface area contributed by atoms with Crippen LogP contribution in [0.25, 0.3) is 22.3 Å². The maximum atomic E-state index is 13.5. The topological polar surface area (TPSA) is 102 Å². The molecule has 0 saturated carbocycles. The highest BCUT2D eigenvalue weighted by molar-refractivity contribution is 6.34. The molecule has 0 spiro atoms. The van der Waals surface area contributed by atoms with E-state index in [-0.39, 0.29) is 23.9 Å². The fraction of sp³-hybridized carbons (Fsp3) is 0.308. The molecule has 0 aliphatic rings. The van der Waals surface area contributed by atoms with Crippen molar-refractivity contribution in [3.8, 4) is 11.3 Å². The molecule has 0 bridgehead atoms. The Hall–Kier alpha value is -3.65. The lowest BCUT2D eigenvalue weighted by Crippen LogP contribution is -2.30. The van der Waals surface area contributed by atoms with E-state index in [0.29, 0.717) is 44.3 Å². The molecule has 9 heteroatoms. The molecule has 1 aromatic carbocycles. The van der Waals surface area contributed by atoms with Gasteiger partial charge in [-0.2, -0.15) is 5.10 Å². The maximum Gasteiger partial charge on any atom is 0.256 e. The van der Waals surface area contributed by atoms with Crippen molar-refractivity contribution in [1.29, 1.82) is 0 Å². The lowest BCUT2D eigenvalue weighted by Gasteiger charge is -2.13. The van der Waals surface area contributed by atoms with Crippen LogP contribution >= 0.6 is 11.6 Å². The Kier molecular flexibility index (Phi) is 6.67. The average Bonchev–Trinajstić information content (AvgIpc) is 3.36. The summed E-state index contributed by atoms with van der Waals surface area (Å²) in [6.07, 6.45) is 1.64. The van der Waals surface area contributed by atoms with Gasteiger partial charge in [-0.15, -0.1) is 0 Å². The molecule has 8 nitrogen and oxygen atoms in total. The van der Waals surface area contributed by atoms with Gasteiger partial charge in [-0.05, 0) is 71.9 Å². The monoisotopic (exact) mass is 493 g/mol. The van der Waals surface area contributed by atoms with E-state index in [1.807, 2.05) is 47.6 Å². The summed E-state index contributed by atoms with van der Waals surface area (Å²) in [5.74, 6) is 0.835. The first-order chi connectivity index (χ1) is 16.5. The van der Waals surface area contributed by atoms with Gasteiger partial charge in [0, 0.05) is 23.2 Å². The number of rotatable bonds is 6. The maximum absolute atomic E-state index is 13.5. The summed E-state index contributed by atoms with van der Waals surface area (Å²) >= 11 is 6.37. The number of anilines is 1. The van der Waals surface area contributed by atoms with Crippen LogP contribution in [-0.4, -0.2) is 32.6 Å². The van der Waals surface area contributed by atoms with Gasteiger partial charge < -0.3 is 15.1 Å². The molecule has 0 aliphatic heterocycles. The molecule has 0 aliphatic carbocycles. The third-order valence-electron chi connectivity index (χ3n) is 5.51. The minimum absolute atomic E-state index is 0.0211. The van der Waals surface area contributed by atoms with Gasteiger partial charge in [-0.1, -0.05) is 11.6 Å². The van der Waals surface area contributed by atoms with Crippen molar-refractivity contribution >= 4 is 40.1 Å². The standard InChI is InChI=1S/C26H28ClN5O3/c1-13(2)29-25(33)17-7-8-21(27)23(10-17)31-26(34)19-11-22(18-9-15(5)35-16(18)6)30-24-20(19)12-28-32(24)14(3)4/h7-14H,1-6H3,(H,29,33)(H,31,34). The number of carbonyl (C=O) groups excluding carboxylic acids is 2. The highest BCUT2D eigenvalue weighted by Crippen LogP contribution is 2.31. The van der Waals surface area contributed by atoms with E-state index in [0.717, 1.165) is 11.3 Å². The number of pyridine rings is 1. The summed E-state index contributed by atoms with van der Waals surface area (Å²) in [7, 11) is 0. The zero-order valence-corrected chi connectivity index (χ0v) is 21.3. The average molecular weight is 494 g/mol. The molecule has 3 aromatic heterocycles. The number of amides is 2. The second-order valence-corrected chi connectivity index (χ2v) is 9.49. The molecule has 2 amide bonds. The van der Waals surface area contributed by atoms with Crippen molar-refractivity contribution in [1.82, 2.24) is 20.1 Å². The van der Waals surface area contributed by atoms with Crippen LogP contribution in [0.15, 0.2) is 40.9 Å². The summed E-state index contributed by atoms with van der Waals surface area (Å²) in [6.45, 7) is 11.5. The van der Waals surface area contributed by atoms with Crippen LogP contribution in [0, 0.1) is 13.8 Å². The number of furan rings is 1. The fourth-order valence-corrected chi connectivity index (χ4v) is 4.07. The van der Waals surface area contributed by atoms with E-state index in [2.05, 4.69) is 15.7 Å². The number of halogens is 1. The third-order valence-corrected chi connectivity index (χ3v) is 5.84. The molecule has 35 heavy (non-hydrogen) atoms. The van der Waals surface area contributed by atoms with Crippen molar-refractivity contribution in [3.05, 3.63) is 64.2 Å². The molecule has 0 saturated heterocycles. The summed E-state index contributed by atoms with van der Waals surface area (Å²) in [5.41, 5.74) is 3.14. The summed E-state index contributed by atoms with van der Waals surface area (Å²) < 4.78 is 7.48. The highest BCUT2D eigenvalue weighted by Gasteiger charge is 2.21. The number of nitrogens with one attached hydrogen (secondary N) is 2. The molecule has 4 rings (SSSR count). The molecule has 182 valence electrons. The van der Waals surface area contributed by atoms with E-state index < -0.39 is 0 Å². The second-order valence-electron chi connectivity index (χ2n) is 9.08. The van der Waals surface area contributed by atoms with Crippen molar-refractivity contribution in [3.63, 3.8) is 0 Å². The molecule has 0 unspecified atom stereocenters. The number of hydrogen-bond acceptors (Lipinski definition) is 5. The molecule has 3 heterocycles. The van der Waals surface area contributed by atoms with Gasteiger partial charge in [0.25, 0.3) is 11.8 Å². The van der Waals surface area contributed by atoms with Crippen LogP contribution < -0.4 is 10.6 Å². The van der Waals surface area contributed by atoms with Gasteiger partial charge in [-0.25, -0.2) is 9.67 Å². The van der Waals surface area contributed by atoms with Crippen molar-refractivity contribution in [2.45, 2.75) is 53.6 Å². The first kappa shape index (κ1) is 24.5. The Morgan fingerprint density at radius 2 is 1.80 bits per heavy atom. The van der Waals surface area contributed by atoms with Crippen LogP contribution in [-0.2, 0) is 0 Å². The molecular weight excluding hydrogens is 466 g/mol. The van der Waals surface area contributed by atoms with Crippen LogP contribution in [0.4, 0.5) is 5.69 Å². The van der Waals surface area contributed by atoms with Crippen molar-refractivity contribution in [2.24, 2.45) is 0 Å². The Labute approximate surface area is 208 Å². The molecule has 0 atom stereocenters. The van der Waals surface area contributed by atoms with Gasteiger partial charge >= 0.3 is 0 Å². The van der Waals surface area contributed by atoms with Gasteiger partial charge in [0.15, 0.2) is 5.65 Å². The number of fused-ring (bicyclic) bond motifs is 1. The van der Waals surface area contributed by atoms with Crippen molar-refractivity contribution in [2.75, 3.05) is 5.32 Å². The summed E-state index contributed by atoms with van der Waals surface area (Å²) in [4.78, 5) is 30.8. The molecular formula is C26H28ClN5O3. The van der Waals surface area contributed by atoms with E-state index in [4.69, 9.17) is 21.0 Å². The Bertz CT molecular complexity index is 1430. The minimum atomic E-state index is -0.386. The lowest BCUT2D eigenvalue weighted by atomic mass is 10.1. The Balaban J connectivity index is 1.79. The van der Waals surface area contributed by atoms with Crippen LogP contribution in [0.2, 0.25) is 5.02 Å². The summed E-state index contributed by atoms with van der Waals surface area (Å²) in [6, 6.07) is 8.43. The van der Waals surface area contributed by atoms with E-state index in [9.17, 15) is 9.59 Å². The number of benzene rings is 1. The number of nitrogens with zero attached hydrogens (tertiary/aromatic N) is 3. The van der Waals surface area contributed by atoms with Gasteiger partial charge in [0.1, 0.15) is 11.5 Å². The SMILES string of the molecule is Cc1cc(-c2cc(C(=O)Nc3cc(C(=O)NC(C)C)ccc3Cl)c3cnn(C(C)C)c3n2)c(C)o1. The first-order valence-corrected chi connectivity index (χ1v) is 11.8. The fourth-order valence-electron chi connectivity index (χ4n) is 3.90. The zero-order chi connectivity index (χ0) is 25.4. The predicted octanol–water partition coefficient (Wildman–Crippen LogP) is 5.93. The van der Waals surface area contributed by atoms with Crippen molar-refractivity contribution < 1.29 is 14.0 Å². The number of hydrogen-bond donors (Lipinski definition) is 2. The van der Waals surface area contributed by atoms with Crippen LogP contribution in [0.5, 0.6) is 0 Å². The molecule has 0 radical (unpaired) electrons. The minimum Gasteiger partial charge on any atom is -0.466 e. The smallest absolute Gasteiger partial charge is 0.256 e. The molecule has 2 N–H and O–H groups in total. The number of carbonyl (C=O) groups is 2. The third kappa shape index (κ3) is 4.93. The van der Waals surface area contributed by atoms with Gasteiger partial charge in [0.05, 0.1) is 33.6 Å². The molecule has 4 aromatic rings. The summed E-state index contributed by atoms with van der Waals surface area (Å²) in [5, 5.41) is 11.1. The first-order valence-electron chi connectivity index (χ1n) is 11.4. The normalized spacial score (nSPS) is 11.5. The van der Waals surface area contributed by atoms with Gasteiger partial charge in [0.2, 0.25) is 0 Å². The predicted molar refractivity (Wildman–Crippen MR) is 137 cm³/mol. The lowest BCUT2D eigenvalue weighted by molar-refractivity contribution is 0.0942. The van der Waals surface area contributed by atoms with Crippen LogP contribution in [0.1, 0.15) is 66.0 Å². The molecule has 0 fully saturated rings. The Morgan fingerprint density at radius 1 is 1.06 bits per heavy atom. The zero-order valence-electron chi connectivity index (χ0n) is 20.6. The van der Waals surface area contributed by atoms with Gasteiger partial charge in [-0.3, -0.25) is 9.59 Å². The van der Waals surface area contributed by atoms with E-state index >= 15 is 0 Å². The Morgan fingerprint density at radius 3 is 2.43 bits per heavy atom. The van der Waals surface area contributed by atoms with Crippen LogP contribution in [0.3, 0.4) is 0 Å². The number of aryl methyl sites for hydroxylation is 2. The van der Waals surface area contributed by atoms with E-state index in [1.165, 1.54) is 0 Å². The largest absolute Gasteiger partial charge is 0.466 e. The number of aromatic nitrogens is 3. The highest BCUT2D eigenvalue weighted by atomic mass is 35.5. The quantitative estimate of drug-likeness (QED) is 0.346. The van der Waals surface area contributed by atoms with E-state index in [1.54, 1.807) is 35.1 Å².